The van der Waals surface area contributed by atoms with E-state index in [1.807, 2.05) is 0 Å². The monoisotopic (exact) mass is 393 g/mol. The second-order valence-corrected chi connectivity index (χ2v) is 6.09. The maximum absolute atomic E-state index is 12.5. The maximum atomic E-state index is 12.5. The number of amides is 4. The topological polar surface area (TPSA) is 122 Å². The molecule has 4 amide bonds. The number of carbonyl (C=O) groups is 4. The molecule has 0 aromatic heterocycles. The van der Waals surface area contributed by atoms with Crippen LogP contribution in [0.3, 0.4) is 0 Å². The van der Waals surface area contributed by atoms with Gasteiger partial charge in [-0.05, 0) is 36.4 Å². The van der Waals surface area contributed by atoms with Crippen LogP contribution in [0.15, 0.2) is 59.6 Å². The van der Waals surface area contributed by atoms with Gasteiger partial charge in [-0.3, -0.25) is 9.59 Å². The number of rotatable bonds is 3. The summed E-state index contributed by atoms with van der Waals surface area (Å²) in [7, 11) is 1.28. The summed E-state index contributed by atoms with van der Waals surface area (Å²) < 4.78 is 6.02. The number of nitrogens with zero attached hydrogens (tertiary/aromatic N) is 3. The van der Waals surface area contributed by atoms with Crippen LogP contribution >= 0.6 is 0 Å². The van der Waals surface area contributed by atoms with E-state index in [2.05, 4.69) is 4.99 Å². The number of imide groups is 1. The van der Waals surface area contributed by atoms with Crippen LogP contribution in [0.25, 0.3) is 0 Å². The molecule has 0 atom stereocenters. The zero-order chi connectivity index (χ0) is 21.1. The summed E-state index contributed by atoms with van der Waals surface area (Å²) in [6.07, 6.45) is 0. The Hall–Kier alpha value is -4.14. The molecule has 29 heavy (non-hydrogen) atoms. The Morgan fingerprint density at radius 2 is 1.66 bits per heavy atom. The normalized spacial score (nSPS) is 15.7. The minimum absolute atomic E-state index is 0.153. The van der Waals surface area contributed by atoms with Gasteiger partial charge in [-0.2, -0.15) is 14.5 Å². The summed E-state index contributed by atoms with van der Waals surface area (Å²) in [5.74, 6) is -1.99. The molecule has 0 radical (unpaired) electrons. The van der Waals surface area contributed by atoms with Crippen molar-refractivity contribution >= 4 is 41.0 Å². The van der Waals surface area contributed by atoms with Gasteiger partial charge in [0, 0.05) is 12.5 Å². The van der Waals surface area contributed by atoms with E-state index in [0.29, 0.717) is 5.69 Å². The van der Waals surface area contributed by atoms with E-state index in [9.17, 15) is 19.2 Å². The summed E-state index contributed by atoms with van der Waals surface area (Å²) in [5, 5.41) is 0. The van der Waals surface area contributed by atoms with Gasteiger partial charge in [0.1, 0.15) is 11.4 Å². The van der Waals surface area contributed by atoms with Gasteiger partial charge < -0.3 is 10.5 Å². The third kappa shape index (κ3) is 3.93. The first-order chi connectivity index (χ1) is 13.8. The van der Waals surface area contributed by atoms with Gasteiger partial charge in [0.05, 0.1) is 7.05 Å². The smallest absolute Gasteiger partial charge is 0.427 e. The SMILES string of the molecule is CC(=O)Oc1ccc(C(=O)N=C2C(=O)N(C)C(=O)[N+](c3ccccc3)=C2N)cc1. The van der Waals surface area contributed by atoms with Gasteiger partial charge in [0.2, 0.25) is 5.71 Å². The van der Waals surface area contributed by atoms with Crippen molar-refractivity contribution in [1.29, 1.82) is 0 Å². The molecule has 1 aliphatic rings. The molecule has 2 N–H and O–H groups in total. The highest BCUT2D eigenvalue weighted by atomic mass is 16.5. The van der Waals surface area contributed by atoms with E-state index in [1.165, 1.54) is 38.2 Å². The second kappa shape index (κ2) is 7.85. The molecule has 0 fully saturated rings. The molecular formula is C20H17N4O5+. The molecule has 0 saturated carbocycles. The quantitative estimate of drug-likeness (QED) is 0.479. The van der Waals surface area contributed by atoms with Gasteiger partial charge in [-0.25, -0.2) is 9.59 Å². The molecule has 2 aromatic carbocycles. The van der Waals surface area contributed by atoms with E-state index in [4.69, 9.17) is 10.5 Å². The van der Waals surface area contributed by atoms with E-state index >= 15 is 0 Å². The lowest BCUT2D eigenvalue weighted by molar-refractivity contribution is -0.342. The van der Waals surface area contributed by atoms with Crippen molar-refractivity contribution < 1.29 is 28.5 Å². The molecule has 9 heteroatoms. The summed E-state index contributed by atoms with van der Waals surface area (Å²) in [5.41, 5.74) is 6.28. The number of aliphatic imine (C=N–C) groups is 1. The van der Waals surface area contributed by atoms with Gasteiger partial charge in [-0.15, -0.1) is 0 Å². The van der Waals surface area contributed by atoms with Crippen LogP contribution in [0.5, 0.6) is 5.75 Å². The van der Waals surface area contributed by atoms with Crippen molar-refractivity contribution in [2.24, 2.45) is 10.7 Å². The molecule has 1 heterocycles. The lowest BCUT2D eigenvalue weighted by Crippen LogP contribution is -2.55. The molecule has 3 rings (SSSR count). The first-order valence-corrected chi connectivity index (χ1v) is 8.51. The third-order valence-electron chi connectivity index (χ3n) is 4.06. The Morgan fingerprint density at radius 3 is 2.24 bits per heavy atom. The zero-order valence-electron chi connectivity index (χ0n) is 15.7. The number of hydrogen-bond donors (Lipinski definition) is 1. The van der Waals surface area contributed by atoms with Crippen LogP contribution in [0.2, 0.25) is 0 Å². The van der Waals surface area contributed by atoms with Crippen LogP contribution < -0.4 is 10.5 Å². The predicted molar refractivity (Wildman–Crippen MR) is 103 cm³/mol. The second-order valence-electron chi connectivity index (χ2n) is 6.09. The Bertz CT molecular complexity index is 1070. The Balaban J connectivity index is 2.01. The first kappa shape index (κ1) is 19.6. The number of amidine groups is 1. The average Bonchev–Trinajstić information content (AvgIpc) is 2.70. The van der Waals surface area contributed by atoms with E-state index in [-0.39, 0.29) is 22.9 Å². The number of carbonyl (C=O) groups excluding carboxylic acids is 4. The fourth-order valence-electron chi connectivity index (χ4n) is 2.64. The highest BCUT2D eigenvalue weighted by Crippen LogP contribution is 2.17. The number of para-hydroxylation sites is 1. The lowest BCUT2D eigenvalue weighted by Gasteiger charge is -2.20. The Kier molecular flexibility index (Phi) is 5.31. The maximum Gasteiger partial charge on any atom is 0.451 e. The third-order valence-corrected chi connectivity index (χ3v) is 4.06. The number of benzene rings is 2. The molecule has 1 aliphatic heterocycles. The van der Waals surface area contributed by atoms with Crippen LogP contribution in [0.1, 0.15) is 17.3 Å². The van der Waals surface area contributed by atoms with Crippen molar-refractivity contribution in [3.8, 4) is 5.75 Å². The van der Waals surface area contributed by atoms with Crippen LogP contribution in [0, 0.1) is 0 Å². The Labute approximate surface area is 165 Å². The number of esters is 1. The first-order valence-electron chi connectivity index (χ1n) is 8.51. The van der Waals surface area contributed by atoms with Crippen molar-refractivity contribution in [2.75, 3.05) is 7.05 Å². The molecule has 2 aromatic rings. The summed E-state index contributed by atoms with van der Waals surface area (Å²) >= 11 is 0. The van der Waals surface area contributed by atoms with Crippen molar-refractivity contribution in [2.45, 2.75) is 6.92 Å². The van der Waals surface area contributed by atoms with E-state index in [1.54, 1.807) is 30.3 Å². The van der Waals surface area contributed by atoms with Crippen molar-refractivity contribution in [1.82, 2.24) is 4.90 Å². The number of nitrogens with two attached hydrogens (primary N) is 1. The predicted octanol–water partition coefficient (Wildman–Crippen LogP) is 1.49. The van der Waals surface area contributed by atoms with Gasteiger partial charge in [0.25, 0.3) is 11.7 Å². The largest absolute Gasteiger partial charge is 0.451 e. The summed E-state index contributed by atoms with van der Waals surface area (Å²) in [6.45, 7) is 1.26. The summed E-state index contributed by atoms with van der Waals surface area (Å²) in [6, 6.07) is 13.5. The number of hydrogen-bond acceptors (Lipinski definition) is 6. The van der Waals surface area contributed by atoms with E-state index in [0.717, 1.165) is 9.48 Å². The number of ether oxygens (including phenoxy) is 1. The van der Waals surface area contributed by atoms with Gasteiger partial charge in [0.15, 0.2) is 0 Å². The molecule has 9 nitrogen and oxygen atoms in total. The highest BCUT2D eigenvalue weighted by molar-refractivity contribution is 6.68. The van der Waals surface area contributed by atoms with Crippen molar-refractivity contribution in [3.63, 3.8) is 0 Å². The lowest BCUT2D eigenvalue weighted by atomic mass is 10.2. The Morgan fingerprint density at radius 1 is 1.03 bits per heavy atom. The van der Waals surface area contributed by atoms with Gasteiger partial charge in [-0.1, -0.05) is 18.2 Å². The summed E-state index contributed by atoms with van der Waals surface area (Å²) in [4.78, 5) is 53.2. The standard InChI is InChI=1S/C20H16N4O5/c1-12(25)29-15-10-8-13(9-11-15)18(26)22-16-17(21)24(14-6-4-3-5-7-14)20(28)23(2)19(16)27/h3-11,21H,1-2H3/p+1. The van der Waals surface area contributed by atoms with Crippen molar-refractivity contribution in [3.05, 3.63) is 60.2 Å². The molecule has 0 bridgehead atoms. The average molecular weight is 393 g/mol. The number of urea groups is 1. The van der Waals surface area contributed by atoms with E-state index < -0.39 is 23.8 Å². The fraction of sp³-hybridized carbons (Fsp3) is 0.100. The molecule has 146 valence electrons. The highest BCUT2D eigenvalue weighted by Gasteiger charge is 2.42. The minimum atomic E-state index is -0.787. The molecule has 0 spiro atoms. The molecule has 0 unspecified atom stereocenters. The minimum Gasteiger partial charge on any atom is -0.427 e. The van der Waals surface area contributed by atoms with Gasteiger partial charge >= 0.3 is 17.9 Å². The van der Waals surface area contributed by atoms with Crippen LogP contribution in [-0.4, -0.2) is 51.9 Å². The zero-order valence-corrected chi connectivity index (χ0v) is 15.7. The molecule has 0 saturated heterocycles. The molecule has 0 aliphatic carbocycles. The molecular weight excluding hydrogens is 376 g/mol. The fourth-order valence-corrected chi connectivity index (χ4v) is 2.64. The van der Waals surface area contributed by atoms with Crippen LogP contribution in [0.4, 0.5) is 10.5 Å². The van der Waals surface area contributed by atoms with Crippen LogP contribution in [-0.2, 0) is 9.59 Å².